The van der Waals surface area contributed by atoms with Gasteiger partial charge in [-0.05, 0) is 23.6 Å². The predicted octanol–water partition coefficient (Wildman–Crippen LogP) is 2.01. The van der Waals surface area contributed by atoms with Gasteiger partial charge in [-0.15, -0.1) is 0 Å². The molecule has 1 aliphatic carbocycles. The van der Waals surface area contributed by atoms with Gasteiger partial charge in [0.2, 0.25) is 5.82 Å². The number of nitrogens with one attached hydrogen (secondary N) is 1. The zero-order chi connectivity index (χ0) is 13.9. The molecule has 1 aromatic carbocycles. The predicted molar refractivity (Wildman–Crippen MR) is 74.7 cm³/mol. The van der Waals surface area contributed by atoms with Crippen LogP contribution in [0.5, 0.6) is 0 Å². The molecule has 0 aliphatic heterocycles. The quantitative estimate of drug-likeness (QED) is 0.860. The van der Waals surface area contributed by atoms with Crippen LogP contribution in [0.2, 0.25) is 0 Å². The highest BCUT2D eigenvalue weighted by Gasteiger charge is 2.25. The molecule has 2 aromatic rings. The molecule has 1 atom stereocenters. The van der Waals surface area contributed by atoms with Crippen LogP contribution in [0.15, 0.2) is 36.5 Å². The van der Waals surface area contributed by atoms with Gasteiger partial charge in [0.15, 0.2) is 0 Å². The summed E-state index contributed by atoms with van der Waals surface area (Å²) in [7, 11) is 1.32. The highest BCUT2D eigenvalue weighted by atomic mass is 16.5. The molecule has 102 valence electrons. The molecule has 0 radical (unpaired) electrons. The highest BCUT2D eigenvalue weighted by molar-refractivity contribution is 5.85. The van der Waals surface area contributed by atoms with E-state index in [1.165, 1.54) is 18.2 Å². The summed E-state index contributed by atoms with van der Waals surface area (Å²) in [4.78, 5) is 19.4. The van der Waals surface area contributed by atoms with Crippen molar-refractivity contribution in [1.82, 2.24) is 9.97 Å². The van der Waals surface area contributed by atoms with Crippen molar-refractivity contribution in [3.8, 4) is 0 Å². The standard InChI is InChI=1S/C15H15N3O2/c1-20-15(19)14-16-7-6-13(18-14)17-9-11-8-10-4-2-3-5-12(10)11/h2-7,11H,8-9H2,1H3,(H,16,17,18). The van der Waals surface area contributed by atoms with Crippen LogP contribution in [0.3, 0.4) is 0 Å². The molecule has 0 amide bonds. The van der Waals surface area contributed by atoms with Crippen molar-refractivity contribution in [2.24, 2.45) is 0 Å². The van der Waals surface area contributed by atoms with Crippen molar-refractivity contribution in [2.75, 3.05) is 19.0 Å². The van der Waals surface area contributed by atoms with E-state index in [1.54, 1.807) is 12.3 Å². The third-order valence-corrected chi connectivity index (χ3v) is 3.51. The number of aromatic nitrogens is 2. The summed E-state index contributed by atoms with van der Waals surface area (Å²) in [5.74, 6) is 0.696. The van der Waals surface area contributed by atoms with Gasteiger partial charge in [0.05, 0.1) is 7.11 Å². The zero-order valence-corrected chi connectivity index (χ0v) is 11.2. The Morgan fingerprint density at radius 2 is 2.25 bits per heavy atom. The van der Waals surface area contributed by atoms with Crippen LogP contribution >= 0.6 is 0 Å². The fourth-order valence-electron chi connectivity index (χ4n) is 2.42. The number of fused-ring (bicyclic) bond motifs is 1. The first-order valence-corrected chi connectivity index (χ1v) is 6.51. The molecule has 5 nitrogen and oxygen atoms in total. The van der Waals surface area contributed by atoms with E-state index in [0.29, 0.717) is 11.7 Å². The molecular formula is C15H15N3O2. The fraction of sp³-hybridized carbons (Fsp3) is 0.267. The van der Waals surface area contributed by atoms with Crippen LogP contribution < -0.4 is 5.32 Å². The highest BCUT2D eigenvalue weighted by Crippen LogP contribution is 2.34. The molecular weight excluding hydrogens is 254 g/mol. The number of nitrogens with zero attached hydrogens (tertiary/aromatic N) is 2. The molecule has 1 aliphatic rings. The number of hydrogen-bond acceptors (Lipinski definition) is 5. The number of anilines is 1. The van der Waals surface area contributed by atoms with Crippen LogP contribution in [0.4, 0.5) is 5.82 Å². The summed E-state index contributed by atoms with van der Waals surface area (Å²) >= 11 is 0. The van der Waals surface area contributed by atoms with Crippen LogP contribution in [0, 0.1) is 0 Å². The van der Waals surface area contributed by atoms with Crippen LogP contribution in [0.1, 0.15) is 27.7 Å². The SMILES string of the molecule is COC(=O)c1nccc(NCC2Cc3ccccc32)n1. The van der Waals surface area contributed by atoms with Crippen molar-refractivity contribution in [3.63, 3.8) is 0 Å². The van der Waals surface area contributed by atoms with Crippen LogP contribution in [0.25, 0.3) is 0 Å². The Morgan fingerprint density at radius 1 is 1.40 bits per heavy atom. The van der Waals surface area contributed by atoms with E-state index in [2.05, 4.69) is 44.3 Å². The van der Waals surface area contributed by atoms with Crippen molar-refractivity contribution in [2.45, 2.75) is 12.3 Å². The Kier molecular flexibility index (Phi) is 3.33. The van der Waals surface area contributed by atoms with Gasteiger partial charge in [0.25, 0.3) is 0 Å². The second-order valence-electron chi connectivity index (χ2n) is 4.74. The lowest BCUT2D eigenvalue weighted by Crippen LogP contribution is -2.24. The summed E-state index contributed by atoms with van der Waals surface area (Å²) in [6, 6.07) is 10.2. The Morgan fingerprint density at radius 3 is 3.05 bits per heavy atom. The molecule has 3 rings (SSSR count). The molecule has 1 N–H and O–H groups in total. The normalized spacial score (nSPS) is 15.9. The van der Waals surface area contributed by atoms with E-state index in [9.17, 15) is 4.79 Å². The molecule has 5 heteroatoms. The van der Waals surface area contributed by atoms with Gasteiger partial charge < -0.3 is 10.1 Å². The molecule has 0 bridgehead atoms. The van der Waals surface area contributed by atoms with Gasteiger partial charge in [0.1, 0.15) is 5.82 Å². The van der Waals surface area contributed by atoms with E-state index in [1.807, 2.05) is 0 Å². The van der Waals surface area contributed by atoms with Crippen molar-refractivity contribution in [3.05, 3.63) is 53.5 Å². The molecule has 1 aromatic heterocycles. The Labute approximate surface area is 117 Å². The number of benzene rings is 1. The Balaban J connectivity index is 1.64. The maximum Gasteiger partial charge on any atom is 0.376 e. The summed E-state index contributed by atoms with van der Waals surface area (Å²) in [6.07, 6.45) is 2.63. The lowest BCUT2D eigenvalue weighted by atomic mass is 9.78. The second-order valence-corrected chi connectivity index (χ2v) is 4.74. The van der Waals surface area contributed by atoms with Crippen molar-refractivity contribution in [1.29, 1.82) is 0 Å². The number of rotatable bonds is 4. The topological polar surface area (TPSA) is 64.1 Å². The number of esters is 1. The molecule has 20 heavy (non-hydrogen) atoms. The first-order chi connectivity index (χ1) is 9.78. The summed E-state index contributed by atoms with van der Waals surface area (Å²) < 4.78 is 4.60. The molecule has 0 spiro atoms. The number of hydrogen-bond donors (Lipinski definition) is 1. The lowest BCUT2D eigenvalue weighted by molar-refractivity contribution is 0.0587. The van der Waals surface area contributed by atoms with Gasteiger partial charge in [0, 0.05) is 18.7 Å². The Hall–Kier alpha value is -2.43. The Bertz CT molecular complexity index is 643. The minimum atomic E-state index is -0.525. The molecule has 1 unspecified atom stereocenters. The van der Waals surface area contributed by atoms with E-state index in [0.717, 1.165) is 13.0 Å². The minimum Gasteiger partial charge on any atom is -0.463 e. The van der Waals surface area contributed by atoms with Crippen molar-refractivity contribution >= 4 is 11.8 Å². The average molecular weight is 269 g/mol. The molecule has 0 saturated heterocycles. The fourth-order valence-corrected chi connectivity index (χ4v) is 2.42. The number of carbonyl (C=O) groups is 1. The van der Waals surface area contributed by atoms with E-state index in [4.69, 9.17) is 0 Å². The van der Waals surface area contributed by atoms with Gasteiger partial charge >= 0.3 is 5.97 Å². The number of ether oxygens (including phenoxy) is 1. The van der Waals surface area contributed by atoms with E-state index >= 15 is 0 Å². The number of methoxy groups -OCH3 is 1. The first kappa shape index (κ1) is 12.6. The summed E-state index contributed by atoms with van der Waals surface area (Å²) in [5.41, 5.74) is 2.81. The van der Waals surface area contributed by atoms with Crippen molar-refractivity contribution < 1.29 is 9.53 Å². The van der Waals surface area contributed by atoms with Gasteiger partial charge in [-0.2, -0.15) is 0 Å². The van der Waals surface area contributed by atoms with Gasteiger partial charge in [-0.3, -0.25) is 0 Å². The maximum absolute atomic E-state index is 11.4. The minimum absolute atomic E-state index is 0.0755. The summed E-state index contributed by atoms with van der Waals surface area (Å²) in [5, 5.41) is 3.25. The van der Waals surface area contributed by atoms with E-state index in [-0.39, 0.29) is 5.82 Å². The molecule has 1 heterocycles. The monoisotopic (exact) mass is 269 g/mol. The third kappa shape index (κ3) is 2.34. The zero-order valence-electron chi connectivity index (χ0n) is 11.2. The molecule has 0 fully saturated rings. The molecule has 0 saturated carbocycles. The van der Waals surface area contributed by atoms with Gasteiger partial charge in [-0.1, -0.05) is 24.3 Å². The largest absolute Gasteiger partial charge is 0.463 e. The third-order valence-electron chi connectivity index (χ3n) is 3.51. The summed E-state index contributed by atoms with van der Waals surface area (Å²) in [6.45, 7) is 0.800. The van der Waals surface area contributed by atoms with E-state index < -0.39 is 5.97 Å². The average Bonchev–Trinajstić information content (AvgIpc) is 2.47. The maximum atomic E-state index is 11.4. The first-order valence-electron chi connectivity index (χ1n) is 6.51. The van der Waals surface area contributed by atoms with Crippen LogP contribution in [-0.4, -0.2) is 29.6 Å². The smallest absolute Gasteiger partial charge is 0.376 e. The van der Waals surface area contributed by atoms with Crippen LogP contribution in [-0.2, 0) is 11.2 Å². The lowest BCUT2D eigenvalue weighted by Gasteiger charge is -2.30. The second kappa shape index (κ2) is 5.28. The van der Waals surface area contributed by atoms with Gasteiger partial charge in [-0.25, -0.2) is 14.8 Å². The number of carbonyl (C=O) groups excluding carboxylic acids is 1.